The molecule has 0 aliphatic carbocycles. The summed E-state index contributed by atoms with van der Waals surface area (Å²) < 4.78 is 11.1. The molecular formula is C15H24N4O3. The maximum absolute atomic E-state index is 12.1. The molecule has 0 spiro atoms. The predicted octanol–water partition coefficient (Wildman–Crippen LogP) is 0.371. The lowest BCUT2D eigenvalue weighted by atomic mass is 10.1. The Labute approximate surface area is 130 Å². The molecule has 1 amide bonds. The molecule has 1 saturated heterocycles. The quantitative estimate of drug-likeness (QED) is 0.634. The summed E-state index contributed by atoms with van der Waals surface area (Å²) in [5, 5.41) is 13.3. The zero-order chi connectivity index (χ0) is 15.2. The number of amides is 1. The number of hydrogen-bond donors (Lipinski definition) is 3. The van der Waals surface area contributed by atoms with E-state index >= 15 is 0 Å². The van der Waals surface area contributed by atoms with Crippen LogP contribution in [0.5, 0.6) is 0 Å². The predicted molar refractivity (Wildman–Crippen MR) is 80.7 cm³/mol. The monoisotopic (exact) mass is 308 g/mol. The Hall–Kier alpha value is -1.44. The Morgan fingerprint density at radius 2 is 2.45 bits per heavy atom. The summed E-state index contributed by atoms with van der Waals surface area (Å²) in [4.78, 5) is 12.1. The second-order valence-electron chi connectivity index (χ2n) is 5.78. The fourth-order valence-corrected chi connectivity index (χ4v) is 2.86. The molecule has 1 aromatic rings. The van der Waals surface area contributed by atoms with Crippen LogP contribution in [0.25, 0.3) is 0 Å². The molecule has 0 saturated carbocycles. The van der Waals surface area contributed by atoms with Gasteiger partial charge in [0.25, 0.3) is 5.91 Å². The molecule has 1 fully saturated rings. The highest BCUT2D eigenvalue weighted by Crippen LogP contribution is 2.15. The third-order valence-electron chi connectivity index (χ3n) is 4.10. The van der Waals surface area contributed by atoms with Crippen LogP contribution in [0, 0.1) is 0 Å². The van der Waals surface area contributed by atoms with Gasteiger partial charge in [0.2, 0.25) is 0 Å². The summed E-state index contributed by atoms with van der Waals surface area (Å²) >= 11 is 0. The van der Waals surface area contributed by atoms with E-state index in [9.17, 15) is 4.79 Å². The number of aromatic nitrogens is 2. The lowest BCUT2D eigenvalue weighted by molar-refractivity contribution is 0.0166. The van der Waals surface area contributed by atoms with Crippen LogP contribution in [0.1, 0.15) is 41.0 Å². The first-order valence-corrected chi connectivity index (χ1v) is 8.09. The number of H-pyrrole nitrogens is 1. The first-order chi connectivity index (χ1) is 10.8. The van der Waals surface area contributed by atoms with E-state index in [0.29, 0.717) is 32.0 Å². The second-order valence-corrected chi connectivity index (χ2v) is 5.78. The van der Waals surface area contributed by atoms with Gasteiger partial charge in [0.1, 0.15) is 0 Å². The van der Waals surface area contributed by atoms with E-state index in [1.54, 1.807) is 0 Å². The number of aromatic amines is 1. The summed E-state index contributed by atoms with van der Waals surface area (Å²) in [5.41, 5.74) is 2.59. The maximum atomic E-state index is 12.1. The molecule has 3 N–H and O–H groups in total. The lowest BCUT2D eigenvalue weighted by Gasteiger charge is -2.13. The summed E-state index contributed by atoms with van der Waals surface area (Å²) in [5.74, 6) is -0.111. The smallest absolute Gasteiger partial charge is 0.272 e. The van der Waals surface area contributed by atoms with Gasteiger partial charge in [-0.25, -0.2) is 0 Å². The summed E-state index contributed by atoms with van der Waals surface area (Å²) in [6.45, 7) is 4.39. The molecule has 0 bridgehead atoms. The molecule has 122 valence electrons. The molecule has 2 aliphatic heterocycles. The highest BCUT2D eigenvalue weighted by atomic mass is 16.5. The van der Waals surface area contributed by atoms with E-state index in [1.165, 1.54) is 0 Å². The van der Waals surface area contributed by atoms with Gasteiger partial charge in [-0.2, -0.15) is 5.10 Å². The van der Waals surface area contributed by atoms with E-state index in [-0.39, 0.29) is 12.0 Å². The van der Waals surface area contributed by atoms with Crippen LogP contribution in [-0.2, 0) is 22.4 Å². The standard InChI is InChI=1S/C15H24N4O3/c20-15(14-12-9-16-6-4-13(12)18-19-14)17-5-2-7-21-10-11-3-1-8-22-11/h11,16H,1-10H2,(H,17,20)(H,18,19). The van der Waals surface area contributed by atoms with E-state index in [4.69, 9.17) is 9.47 Å². The van der Waals surface area contributed by atoms with Crippen LogP contribution in [-0.4, -0.2) is 55.1 Å². The van der Waals surface area contributed by atoms with Crippen molar-refractivity contribution in [2.45, 2.75) is 38.3 Å². The Morgan fingerprint density at radius 3 is 3.32 bits per heavy atom. The number of carbonyl (C=O) groups excluding carboxylic acids is 1. The van der Waals surface area contributed by atoms with Gasteiger partial charge in [-0.3, -0.25) is 9.89 Å². The molecule has 0 aromatic carbocycles. The minimum atomic E-state index is -0.111. The molecule has 22 heavy (non-hydrogen) atoms. The minimum absolute atomic E-state index is 0.111. The van der Waals surface area contributed by atoms with Gasteiger partial charge in [-0.1, -0.05) is 0 Å². The molecular weight excluding hydrogens is 284 g/mol. The number of carbonyl (C=O) groups is 1. The van der Waals surface area contributed by atoms with Crippen molar-refractivity contribution in [2.24, 2.45) is 0 Å². The van der Waals surface area contributed by atoms with Crippen molar-refractivity contribution in [2.75, 3.05) is 32.9 Å². The van der Waals surface area contributed by atoms with E-state index in [1.807, 2.05) is 0 Å². The van der Waals surface area contributed by atoms with Crippen molar-refractivity contribution < 1.29 is 14.3 Å². The average Bonchev–Trinajstić information content (AvgIpc) is 3.19. The Balaban J connectivity index is 1.33. The Bertz CT molecular complexity index is 497. The number of ether oxygens (including phenoxy) is 2. The largest absolute Gasteiger partial charge is 0.379 e. The number of fused-ring (bicyclic) bond motifs is 1. The van der Waals surface area contributed by atoms with Crippen LogP contribution in [0.15, 0.2) is 0 Å². The van der Waals surface area contributed by atoms with Crippen molar-refractivity contribution in [1.29, 1.82) is 0 Å². The fraction of sp³-hybridized carbons (Fsp3) is 0.733. The third-order valence-corrected chi connectivity index (χ3v) is 4.10. The van der Waals surface area contributed by atoms with E-state index < -0.39 is 0 Å². The highest BCUT2D eigenvalue weighted by molar-refractivity contribution is 5.94. The van der Waals surface area contributed by atoms with Crippen molar-refractivity contribution in [3.63, 3.8) is 0 Å². The number of rotatable bonds is 7. The normalized spacial score (nSPS) is 20.8. The molecule has 1 unspecified atom stereocenters. The topological polar surface area (TPSA) is 88.3 Å². The number of nitrogens with one attached hydrogen (secondary N) is 3. The number of nitrogens with zero attached hydrogens (tertiary/aromatic N) is 1. The van der Waals surface area contributed by atoms with Crippen LogP contribution < -0.4 is 10.6 Å². The average molecular weight is 308 g/mol. The molecule has 7 heteroatoms. The lowest BCUT2D eigenvalue weighted by Crippen LogP contribution is -2.29. The van der Waals surface area contributed by atoms with Gasteiger partial charge in [0, 0.05) is 50.5 Å². The maximum Gasteiger partial charge on any atom is 0.272 e. The second kappa shape index (κ2) is 7.71. The van der Waals surface area contributed by atoms with Gasteiger partial charge in [0.05, 0.1) is 12.7 Å². The van der Waals surface area contributed by atoms with Gasteiger partial charge in [-0.05, 0) is 19.3 Å². The van der Waals surface area contributed by atoms with Crippen molar-refractivity contribution in [1.82, 2.24) is 20.8 Å². The van der Waals surface area contributed by atoms with Crippen molar-refractivity contribution in [3.05, 3.63) is 17.0 Å². The Morgan fingerprint density at radius 1 is 1.50 bits per heavy atom. The van der Waals surface area contributed by atoms with Crippen molar-refractivity contribution >= 4 is 5.91 Å². The van der Waals surface area contributed by atoms with Crippen LogP contribution in [0.4, 0.5) is 0 Å². The zero-order valence-electron chi connectivity index (χ0n) is 12.8. The number of hydrogen-bond acceptors (Lipinski definition) is 5. The van der Waals surface area contributed by atoms with Gasteiger partial charge in [0.15, 0.2) is 5.69 Å². The molecule has 1 aromatic heterocycles. The van der Waals surface area contributed by atoms with Crippen molar-refractivity contribution in [3.8, 4) is 0 Å². The molecule has 2 aliphatic rings. The molecule has 3 rings (SSSR count). The zero-order valence-corrected chi connectivity index (χ0v) is 12.8. The van der Waals surface area contributed by atoms with Gasteiger partial charge < -0.3 is 20.1 Å². The van der Waals surface area contributed by atoms with Crippen LogP contribution in [0.3, 0.4) is 0 Å². The molecule has 1 atom stereocenters. The summed E-state index contributed by atoms with van der Waals surface area (Å²) in [6.07, 6.45) is 4.18. The fourth-order valence-electron chi connectivity index (χ4n) is 2.86. The first-order valence-electron chi connectivity index (χ1n) is 8.09. The summed E-state index contributed by atoms with van der Waals surface area (Å²) in [6, 6.07) is 0. The molecule has 0 radical (unpaired) electrons. The summed E-state index contributed by atoms with van der Waals surface area (Å²) in [7, 11) is 0. The molecule has 3 heterocycles. The first kappa shape index (κ1) is 15.5. The van der Waals surface area contributed by atoms with Crippen LogP contribution in [0.2, 0.25) is 0 Å². The molecule has 7 nitrogen and oxygen atoms in total. The van der Waals surface area contributed by atoms with Crippen LogP contribution >= 0.6 is 0 Å². The van der Waals surface area contributed by atoms with Gasteiger partial charge in [-0.15, -0.1) is 0 Å². The van der Waals surface area contributed by atoms with E-state index in [2.05, 4.69) is 20.8 Å². The SMILES string of the molecule is O=C(NCCCOCC1CCCO1)c1n[nH]c2c1CNCC2. The third kappa shape index (κ3) is 3.85. The highest BCUT2D eigenvalue weighted by Gasteiger charge is 2.21. The Kier molecular flexibility index (Phi) is 5.42. The minimum Gasteiger partial charge on any atom is -0.379 e. The van der Waals surface area contributed by atoms with E-state index in [0.717, 1.165) is 50.1 Å². The van der Waals surface area contributed by atoms with Gasteiger partial charge >= 0.3 is 0 Å².